The third-order valence-corrected chi connectivity index (χ3v) is 4.12. The Hall–Kier alpha value is -2.27. The van der Waals surface area contributed by atoms with E-state index in [-0.39, 0.29) is 11.7 Å². The lowest BCUT2D eigenvalue weighted by Crippen LogP contribution is -2.23. The fraction of sp³-hybridized carbons (Fsp3) is 0.294. The first kappa shape index (κ1) is 14.7. The van der Waals surface area contributed by atoms with E-state index in [9.17, 15) is 14.3 Å². The molecule has 0 spiro atoms. The van der Waals surface area contributed by atoms with Crippen LogP contribution in [0, 0.1) is 11.7 Å². The Bertz CT molecular complexity index is 663. The molecule has 1 aromatic heterocycles. The fourth-order valence-electron chi connectivity index (χ4n) is 3.09. The molecule has 22 heavy (non-hydrogen) atoms. The smallest absolute Gasteiger partial charge is 0.308 e. The first-order valence-electron chi connectivity index (χ1n) is 7.23. The van der Waals surface area contributed by atoms with Crippen molar-refractivity contribution in [1.82, 2.24) is 9.88 Å². The maximum absolute atomic E-state index is 13.4. The lowest BCUT2D eigenvalue weighted by Gasteiger charge is -2.16. The Kier molecular flexibility index (Phi) is 4.15. The number of carbonyl (C=O) groups is 1. The second-order valence-corrected chi connectivity index (χ2v) is 5.66. The minimum absolute atomic E-state index is 0.190. The van der Waals surface area contributed by atoms with Crippen molar-refractivity contribution < 1.29 is 14.3 Å². The molecule has 1 saturated heterocycles. The lowest BCUT2D eigenvalue weighted by atomic mass is 9.89. The molecule has 5 heteroatoms. The molecule has 1 aromatic carbocycles. The van der Waals surface area contributed by atoms with Crippen molar-refractivity contribution in [3.63, 3.8) is 0 Å². The van der Waals surface area contributed by atoms with Crippen molar-refractivity contribution >= 4 is 5.97 Å². The van der Waals surface area contributed by atoms with Crippen LogP contribution in [0.3, 0.4) is 0 Å². The van der Waals surface area contributed by atoms with Crippen molar-refractivity contribution in [2.45, 2.75) is 12.5 Å². The van der Waals surface area contributed by atoms with Gasteiger partial charge < -0.3 is 5.11 Å². The van der Waals surface area contributed by atoms with Crippen LogP contribution in [-0.2, 0) is 11.3 Å². The molecule has 0 amide bonds. The maximum Gasteiger partial charge on any atom is 0.308 e. The molecule has 0 aliphatic carbocycles. The summed E-state index contributed by atoms with van der Waals surface area (Å²) in [7, 11) is 0. The van der Waals surface area contributed by atoms with Gasteiger partial charge in [0.25, 0.3) is 0 Å². The third kappa shape index (κ3) is 3.14. The van der Waals surface area contributed by atoms with E-state index in [0.717, 1.165) is 11.1 Å². The molecule has 3 rings (SSSR count). The number of hydrogen-bond acceptors (Lipinski definition) is 3. The Morgan fingerprint density at radius 1 is 1.32 bits per heavy atom. The number of carboxylic acids is 1. The van der Waals surface area contributed by atoms with Gasteiger partial charge in [-0.2, -0.15) is 0 Å². The largest absolute Gasteiger partial charge is 0.481 e. The van der Waals surface area contributed by atoms with Crippen LogP contribution >= 0.6 is 0 Å². The Morgan fingerprint density at radius 3 is 2.86 bits per heavy atom. The van der Waals surface area contributed by atoms with E-state index in [2.05, 4.69) is 9.88 Å². The van der Waals surface area contributed by atoms with Crippen molar-refractivity contribution in [3.05, 3.63) is 65.7 Å². The van der Waals surface area contributed by atoms with Crippen molar-refractivity contribution in [3.8, 4) is 0 Å². The van der Waals surface area contributed by atoms with Crippen molar-refractivity contribution in [2.24, 2.45) is 5.92 Å². The normalized spacial score (nSPS) is 21.9. The highest BCUT2D eigenvalue weighted by molar-refractivity contribution is 5.72. The van der Waals surface area contributed by atoms with Crippen molar-refractivity contribution in [1.29, 1.82) is 0 Å². The van der Waals surface area contributed by atoms with Gasteiger partial charge in [-0.25, -0.2) is 4.39 Å². The van der Waals surface area contributed by atoms with E-state index >= 15 is 0 Å². The molecule has 1 fully saturated rings. The number of pyridine rings is 1. The summed E-state index contributed by atoms with van der Waals surface area (Å²) in [5.74, 6) is -1.86. The average Bonchev–Trinajstić information content (AvgIpc) is 2.92. The van der Waals surface area contributed by atoms with Gasteiger partial charge in [0.1, 0.15) is 5.82 Å². The Morgan fingerprint density at radius 2 is 2.18 bits per heavy atom. The molecular weight excluding hydrogens is 283 g/mol. The molecule has 2 atom stereocenters. The van der Waals surface area contributed by atoms with Crippen molar-refractivity contribution in [2.75, 3.05) is 13.1 Å². The number of aliphatic carboxylic acids is 1. The van der Waals surface area contributed by atoms with Gasteiger partial charge in [-0.3, -0.25) is 14.7 Å². The molecule has 4 nitrogen and oxygen atoms in total. The molecule has 1 aliphatic heterocycles. The van der Waals surface area contributed by atoms with E-state index in [4.69, 9.17) is 0 Å². The van der Waals surface area contributed by atoms with Crippen LogP contribution in [0.15, 0.2) is 48.8 Å². The molecule has 114 valence electrons. The topological polar surface area (TPSA) is 53.4 Å². The minimum atomic E-state index is -0.831. The summed E-state index contributed by atoms with van der Waals surface area (Å²) in [6.45, 7) is 1.73. The summed E-state index contributed by atoms with van der Waals surface area (Å²) in [6.07, 6.45) is 3.49. The number of halogens is 1. The highest BCUT2D eigenvalue weighted by Gasteiger charge is 2.38. The van der Waals surface area contributed by atoms with Gasteiger partial charge in [0.15, 0.2) is 0 Å². The zero-order chi connectivity index (χ0) is 15.5. The van der Waals surface area contributed by atoms with Gasteiger partial charge in [-0.05, 0) is 29.3 Å². The average molecular weight is 300 g/mol. The predicted molar refractivity (Wildman–Crippen MR) is 79.8 cm³/mol. The molecule has 1 aliphatic rings. The second-order valence-electron chi connectivity index (χ2n) is 5.66. The minimum Gasteiger partial charge on any atom is -0.481 e. The number of hydrogen-bond donors (Lipinski definition) is 1. The number of rotatable bonds is 4. The molecular formula is C17H17FN2O2. The van der Waals surface area contributed by atoms with E-state index in [0.29, 0.717) is 19.6 Å². The summed E-state index contributed by atoms with van der Waals surface area (Å²) >= 11 is 0. The summed E-state index contributed by atoms with van der Waals surface area (Å²) < 4.78 is 13.4. The van der Waals surface area contributed by atoms with Gasteiger partial charge in [0.05, 0.1) is 5.92 Å². The second kappa shape index (κ2) is 6.23. The predicted octanol–water partition coefficient (Wildman–Crippen LogP) is 2.52. The van der Waals surface area contributed by atoms with Crippen LogP contribution in [0.25, 0.3) is 0 Å². The van der Waals surface area contributed by atoms with Crippen LogP contribution in [0.4, 0.5) is 4.39 Å². The quantitative estimate of drug-likeness (QED) is 0.942. The molecule has 1 N–H and O–H groups in total. The van der Waals surface area contributed by atoms with E-state index < -0.39 is 11.9 Å². The summed E-state index contributed by atoms with van der Waals surface area (Å²) in [4.78, 5) is 17.7. The van der Waals surface area contributed by atoms with E-state index in [1.807, 2.05) is 12.1 Å². The molecule has 0 bridgehead atoms. The molecule has 2 heterocycles. The standard InChI is InChI=1S/C17H17FN2O2/c18-14-5-1-4-13(7-14)15-10-20(11-16(15)17(21)22)9-12-3-2-6-19-8-12/h1-8,15-16H,9-11H2,(H,21,22)/t15-,16+/m0/s1. The van der Waals surface area contributed by atoms with Gasteiger partial charge in [0.2, 0.25) is 0 Å². The van der Waals surface area contributed by atoms with E-state index in [1.54, 1.807) is 24.5 Å². The highest BCUT2D eigenvalue weighted by Crippen LogP contribution is 2.33. The number of carboxylic acid groups (broad SMARTS) is 1. The number of aromatic nitrogens is 1. The first-order chi connectivity index (χ1) is 10.6. The molecule has 0 saturated carbocycles. The molecule has 0 radical (unpaired) electrons. The number of benzene rings is 1. The zero-order valence-electron chi connectivity index (χ0n) is 12.0. The van der Waals surface area contributed by atoms with E-state index in [1.165, 1.54) is 12.1 Å². The fourth-order valence-corrected chi connectivity index (χ4v) is 3.09. The summed E-state index contributed by atoms with van der Waals surface area (Å²) in [5.41, 5.74) is 1.80. The first-order valence-corrected chi connectivity index (χ1v) is 7.23. The molecule has 2 aromatic rings. The SMILES string of the molecule is O=C(O)[C@@H]1CN(Cc2cccnc2)C[C@H]1c1cccc(F)c1. The summed E-state index contributed by atoms with van der Waals surface area (Å²) in [6, 6.07) is 10.1. The van der Waals surface area contributed by atoms with Crippen LogP contribution in [0.1, 0.15) is 17.0 Å². The lowest BCUT2D eigenvalue weighted by molar-refractivity contribution is -0.141. The zero-order valence-corrected chi connectivity index (χ0v) is 12.0. The number of nitrogens with zero attached hydrogens (tertiary/aromatic N) is 2. The Labute approximate surface area is 128 Å². The van der Waals surface area contributed by atoms with Gasteiger partial charge in [-0.1, -0.05) is 18.2 Å². The van der Waals surface area contributed by atoms with Crippen LogP contribution in [-0.4, -0.2) is 34.0 Å². The monoisotopic (exact) mass is 300 g/mol. The van der Waals surface area contributed by atoms with Gasteiger partial charge >= 0.3 is 5.97 Å². The maximum atomic E-state index is 13.4. The van der Waals surface area contributed by atoms with Crippen LogP contribution < -0.4 is 0 Å². The van der Waals surface area contributed by atoms with Gasteiger partial charge in [-0.15, -0.1) is 0 Å². The van der Waals surface area contributed by atoms with Gasteiger partial charge in [0, 0.05) is 37.9 Å². The summed E-state index contributed by atoms with van der Waals surface area (Å²) in [5, 5.41) is 9.47. The third-order valence-electron chi connectivity index (χ3n) is 4.12. The molecule has 0 unspecified atom stereocenters. The Balaban J connectivity index is 1.79. The van der Waals surface area contributed by atoms with Crippen LogP contribution in [0.2, 0.25) is 0 Å². The highest BCUT2D eigenvalue weighted by atomic mass is 19.1. The van der Waals surface area contributed by atoms with Crippen LogP contribution in [0.5, 0.6) is 0 Å². The number of likely N-dealkylation sites (tertiary alicyclic amines) is 1.